The Hall–Kier alpha value is -3.19. The Kier molecular flexibility index (Phi) is 4.37. The van der Waals surface area contributed by atoms with Crippen LogP contribution in [-0.2, 0) is 7.05 Å². The van der Waals surface area contributed by atoms with Crippen molar-refractivity contribution in [1.29, 1.82) is 0 Å². The number of fused-ring (bicyclic) bond motifs is 1. The molecule has 0 aliphatic carbocycles. The molecule has 2 aromatic heterocycles. The SMILES string of the molecule is COc1ccc(OC)c(-c2cc(-c3n[nH]c(=S)n3C)c3ccccc3n2)c1. The summed E-state index contributed by atoms with van der Waals surface area (Å²) in [6, 6.07) is 15.6. The van der Waals surface area contributed by atoms with Crippen molar-refractivity contribution in [2.45, 2.75) is 0 Å². The second-order valence-corrected chi connectivity index (χ2v) is 6.44. The quantitative estimate of drug-likeness (QED) is 0.534. The van der Waals surface area contributed by atoms with Gasteiger partial charge in [-0.2, -0.15) is 5.10 Å². The summed E-state index contributed by atoms with van der Waals surface area (Å²) in [5.41, 5.74) is 3.42. The van der Waals surface area contributed by atoms with Crippen LogP contribution in [0.5, 0.6) is 11.5 Å². The number of para-hydroxylation sites is 1. The Labute approximate surface area is 161 Å². The molecule has 0 saturated carbocycles. The van der Waals surface area contributed by atoms with Gasteiger partial charge in [-0.15, -0.1) is 0 Å². The van der Waals surface area contributed by atoms with Crippen LogP contribution in [0.4, 0.5) is 0 Å². The summed E-state index contributed by atoms with van der Waals surface area (Å²) in [5.74, 6) is 2.21. The van der Waals surface area contributed by atoms with Crippen LogP contribution < -0.4 is 9.47 Å². The van der Waals surface area contributed by atoms with Crippen molar-refractivity contribution in [2.75, 3.05) is 14.2 Å². The Balaban J connectivity index is 2.04. The zero-order valence-electron chi connectivity index (χ0n) is 15.2. The Morgan fingerprint density at radius 3 is 2.52 bits per heavy atom. The first-order valence-corrected chi connectivity index (χ1v) is 8.77. The third kappa shape index (κ3) is 2.96. The molecule has 0 saturated heterocycles. The second-order valence-electron chi connectivity index (χ2n) is 6.05. The van der Waals surface area contributed by atoms with Crippen LogP contribution in [0.1, 0.15) is 0 Å². The number of aromatic amines is 1. The molecule has 0 aliphatic rings. The van der Waals surface area contributed by atoms with Gasteiger partial charge in [0.1, 0.15) is 11.5 Å². The van der Waals surface area contributed by atoms with Crippen molar-refractivity contribution in [3.63, 3.8) is 0 Å². The van der Waals surface area contributed by atoms with Gasteiger partial charge in [0.25, 0.3) is 0 Å². The topological polar surface area (TPSA) is 65.0 Å². The Bertz CT molecular complexity index is 1200. The molecule has 7 heteroatoms. The van der Waals surface area contributed by atoms with Gasteiger partial charge in [-0.1, -0.05) is 18.2 Å². The molecule has 0 bridgehead atoms. The zero-order valence-corrected chi connectivity index (χ0v) is 16.0. The maximum Gasteiger partial charge on any atom is 0.195 e. The minimum Gasteiger partial charge on any atom is -0.497 e. The number of hydrogen-bond donors (Lipinski definition) is 1. The van der Waals surface area contributed by atoms with Crippen LogP contribution in [0.25, 0.3) is 33.5 Å². The third-order valence-electron chi connectivity index (χ3n) is 4.52. The zero-order chi connectivity index (χ0) is 19.0. The molecule has 2 aromatic carbocycles. The Morgan fingerprint density at radius 2 is 1.81 bits per heavy atom. The van der Waals surface area contributed by atoms with E-state index in [1.807, 2.05) is 60.1 Å². The normalized spacial score (nSPS) is 10.9. The van der Waals surface area contributed by atoms with E-state index in [4.69, 9.17) is 26.7 Å². The lowest BCUT2D eigenvalue weighted by atomic mass is 10.0. The molecule has 27 heavy (non-hydrogen) atoms. The van der Waals surface area contributed by atoms with E-state index < -0.39 is 0 Å². The highest BCUT2D eigenvalue weighted by Gasteiger charge is 2.16. The summed E-state index contributed by atoms with van der Waals surface area (Å²) in [4.78, 5) is 4.84. The molecule has 0 spiro atoms. The molecule has 4 aromatic rings. The van der Waals surface area contributed by atoms with Gasteiger partial charge in [-0.25, -0.2) is 4.98 Å². The summed E-state index contributed by atoms with van der Waals surface area (Å²) >= 11 is 5.29. The van der Waals surface area contributed by atoms with Gasteiger partial charge in [0.15, 0.2) is 10.6 Å². The van der Waals surface area contributed by atoms with Crippen molar-refractivity contribution >= 4 is 23.1 Å². The van der Waals surface area contributed by atoms with Crippen LogP contribution in [0.2, 0.25) is 0 Å². The number of nitrogens with one attached hydrogen (secondary N) is 1. The summed E-state index contributed by atoms with van der Waals surface area (Å²) in [6.07, 6.45) is 0. The molecule has 0 fully saturated rings. The molecular formula is C20H18N4O2S. The van der Waals surface area contributed by atoms with Gasteiger partial charge in [0.05, 0.1) is 25.4 Å². The number of aromatic nitrogens is 4. The molecule has 136 valence electrons. The average molecular weight is 378 g/mol. The number of nitrogens with zero attached hydrogens (tertiary/aromatic N) is 3. The lowest BCUT2D eigenvalue weighted by Gasteiger charge is -2.13. The lowest BCUT2D eigenvalue weighted by Crippen LogP contribution is -1.97. The molecule has 0 unspecified atom stereocenters. The van der Waals surface area contributed by atoms with Gasteiger partial charge in [-0.05, 0) is 42.5 Å². The maximum atomic E-state index is 5.55. The van der Waals surface area contributed by atoms with E-state index in [9.17, 15) is 0 Å². The highest BCUT2D eigenvalue weighted by atomic mass is 32.1. The highest BCUT2D eigenvalue weighted by molar-refractivity contribution is 7.71. The van der Waals surface area contributed by atoms with E-state index in [0.717, 1.165) is 45.0 Å². The molecule has 0 radical (unpaired) electrons. The van der Waals surface area contributed by atoms with Gasteiger partial charge in [-0.3, -0.25) is 5.10 Å². The second kappa shape index (κ2) is 6.85. The molecule has 1 N–H and O–H groups in total. The first-order chi connectivity index (χ1) is 13.1. The highest BCUT2D eigenvalue weighted by Crippen LogP contribution is 2.36. The predicted octanol–water partition coefficient (Wildman–Crippen LogP) is 4.38. The Morgan fingerprint density at radius 1 is 1.00 bits per heavy atom. The number of methoxy groups -OCH3 is 2. The summed E-state index contributed by atoms with van der Waals surface area (Å²) in [6.45, 7) is 0. The fourth-order valence-electron chi connectivity index (χ4n) is 3.10. The molecule has 4 rings (SSSR count). The molecule has 0 atom stereocenters. The summed E-state index contributed by atoms with van der Waals surface area (Å²) in [7, 11) is 5.17. The van der Waals surface area contributed by atoms with Crippen LogP contribution in [-0.4, -0.2) is 34.0 Å². The molecule has 2 heterocycles. The van der Waals surface area contributed by atoms with E-state index >= 15 is 0 Å². The van der Waals surface area contributed by atoms with E-state index in [-0.39, 0.29) is 0 Å². The van der Waals surface area contributed by atoms with Crippen molar-refractivity contribution in [2.24, 2.45) is 7.05 Å². The largest absolute Gasteiger partial charge is 0.497 e. The van der Waals surface area contributed by atoms with E-state index in [2.05, 4.69) is 10.2 Å². The molecular weight excluding hydrogens is 360 g/mol. The number of H-pyrrole nitrogens is 1. The fourth-order valence-corrected chi connectivity index (χ4v) is 3.23. The number of ether oxygens (including phenoxy) is 2. The molecule has 0 aliphatic heterocycles. The fraction of sp³-hybridized carbons (Fsp3) is 0.150. The standard InChI is InChI=1S/C20H18N4O2S/c1-24-19(22-23-20(24)27)14-11-17(21-16-7-5-4-6-13(14)16)15-10-12(25-2)8-9-18(15)26-3/h4-11H,1-3H3,(H,23,27). The third-order valence-corrected chi connectivity index (χ3v) is 4.88. The minimum atomic E-state index is 0.561. The average Bonchev–Trinajstić information content (AvgIpc) is 3.05. The van der Waals surface area contributed by atoms with E-state index in [1.165, 1.54) is 0 Å². The first kappa shape index (κ1) is 17.2. The lowest BCUT2D eigenvalue weighted by molar-refractivity contribution is 0.404. The maximum absolute atomic E-state index is 5.55. The number of pyridine rings is 1. The van der Waals surface area contributed by atoms with Crippen LogP contribution in [0.3, 0.4) is 0 Å². The van der Waals surface area contributed by atoms with E-state index in [0.29, 0.717) is 4.77 Å². The van der Waals surface area contributed by atoms with Crippen LogP contribution >= 0.6 is 12.2 Å². The number of rotatable bonds is 4. The van der Waals surface area contributed by atoms with Gasteiger partial charge < -0.3 is 14.0 Å². The number of hydrogen-bond acceptors (Lipinski definition) is 5. The van der Waals surface area contributed by atoms with Crippen molar-refractivity contribution in [1.82, 2.24) is 19.7 Å². The minimum absolute atomic E-state index is 0.561. The summed E-state index contributed by atoms with van der Waals surface area (Å²) < 4.78 is 13.3. The summed E-state index contributed by atoms with van der Waals surface area (Å²) in [5, 5.41) is 8.26. The predicted molar refractivity (Wildman–Crippen MR) is 108 cm³/mol. The van der Waals surface area contributed by atoms with Crippen molar-refractivity contribution in [3.05, 3.63) is 53.3 Å². The van der Waals surface area contributed by atoms with Gasteiger partial charge >= 0.3 is 0 Å². The van der Waals surface area contributed by atoms with E-state index in [1.54, 1.807) is 14.2 Å². The smallest absolute Gasteiger partial charge is 0.195 e. The molecule has 6 nitrogen and oxygen atoms in total. The van der Waals surface area contributed by atoms with Gasteiger partial charge in [0.2, 0.25) is 0 Å². The van der Waals surface area contributed by atoms with Crippen molar-refractivity contribution < 1.29 is 9.47 Å². The van der Waals surface area contributed by atoms with Crippen molar-refractivity contribution in [3.8, 4) is 34.1 Å². The number of benzene rings is 2. The first-order valence-electron chi connectivity index (χ1n) is 8.36. The monoisotopic (exact) mass is 378 g/mol. The van der Waals surface area contributed by atoms with Crippen LogP contribution in [0, 0.1) is 4.77 Å². The van der Waals surface area contributed by atoms with Gasteiger partial charge in [0, 0.05) is 23.6 Å². The van der Waals surface area contributed by atoms with Crippen LogP contribution in [0.15, 0.2) is 48.5 Å². The molecule has 0 amide bonds.